The van der Waals surface area contributed by atoms with Crippen molar-refractivity contribution in [3.05, 3.63) is 17.5 Å². The molecule has 3 aliphatic rings. The first-order chi connectivity index (χ1) is 12.7. The third-order valence-corrected chi connectivity index (χ3v) is 6.00. The highest BCUT2D eigenvalue weighted by atomic mass is 16.2. The monoisotopic (exact) mass is 359 g/mol. The van der Waals surface area contributed by atoms with Crippen LogP contribution in [0.1, 0.15) is 61.0 Å². The van der Waals surface area contributed by atoms with E-state index < -0.39 is 0 Å². The number of carbonyl (C=O) groups excluding carboxylic acids is 2. The zero-order chi connectivity index (χ0) is 17.9. The van der Waals surface area contributed by atoms with E-state index in [0.29, 0.717) is 32.2 Å². The normalized spacial score (nSPS) is 21.4. The quantitative estimate of drug-likeness (QED) is 0.878. The van der Waals surface area contributed by atoms with Crippen molar-refractivity contribution in [3.8, 4) is 0 Å². The van der Waals surface area contributed by atoms with Gasteiger partial charge in [0.15, 0.2) is 0 Å². The minimum atomic E-state index is 0.0342. The van der Waals surface area contributed by atoms with Gasteiger partial charge in [0.25, 0.3) is 5.91 Å². The van der Waals surface area contributed by atoms with Crippen molar-refractivity contribution in [2.45, 2.75) is 64.0 Å². The highest BCUT2D eigenvalue weighted by molar-refractivity contribution is 5.95. The van der Waals surface area contributed by atoms with Gasteiger partial charge in [-0.25, -0.2) is 4.79 Å². The Morgan fingerprint density at radius 3 is 2.42 bits per heavy atom. The molecule has 1 N–H and O–H groups in total. The van der Waals surface area contributed by atoms with Crippen LogP contribution in [0.5, 0.6) is 0 Å². The minimum Gasteiger partial charge on any atom is -0.335 e. The number of piperazine rings is 1. The topological polar surface area (TPSA) is 70.5 Å². The van der Waals surface area contributed by atoms with Gasteiger partial charge in [0.1, 0.15) is 0 Å². The van der Waals surface area contributed by atoms with Crippen molar-refractivity contribution >= 4 is 11.9 Å². The number of urea groups is 1. The van der Waals surface area contributed by atoms with E-state index in [1.807, 2.05) is 14.5 Å². The zero-order valence-corrected chi connectivity index (χ0v) is 15.5. The lowest BCUT2D eigenvalue weighted by Crippen LogP contribution is -2.54. The van der Waals surface area contributed by atoms with E-state index in [1.54, 1.807) is 6.20 Å². The molecular formula is C19H29N5O2. The van der Waals surface area contributed by atoms with Gasteiger partial charge in [-0.15, -0.1) is 0 Å². The molecule has 0 spiro atoms. The number of rotatable bonds is 2. The van der Waals surface area contributed by atoms with Gasteiger partial charge in [0.05, 0.1) is 17.5 Å². The number of hydrogen-bond acceptors (Lipinski definition) is 3. The van der Waals surface area contributed by atoms with Crippen molar-refractivity contribution in [2.75, 3.05) is 26.2 Å². The van der Waals surface area contributed by atoms with Crippen LogP contribution >= 0.6 is 0 Å². The van der Waals surface area contributed by atoms with E-state index in [1.165, 1.54) is 19.3 Å². The maximum atomic E-state index is 12.9. The van der Waals surface area contributed by atoms with E-state index in [9.17, 15) is 9.59 Å². The van der Waals surface area contributed by atoms with Gasteiger partial charge in [0, 0.05) is 38.8 Å². The molecule has 3 heterocycles. The Kier molecular flexibility index (Phi) is 5.13. The third-order valence-electron chi connectivity index (χ3n) is 6.00. The number of amides is 3. The van der Waals surface area contributed by atoms with Gasteiger partial charge in [-0.3, -0.25) is 9.48 Å². The molecular weight excluding hydrogens is 330 g/mol. The second kappa shape index (κ2) is 7.68. The fourth-order valence-corrected chi connectivity index (χ4v) is 4.40. The Labute approximate surface area is 154 Å². The molecule has 0 aromatic carbocycles. The van der Waals surface area contributed by atoms with Gasteiger partial charge in [-0.1, -0.05) is 19.3 Å². The number of fused-ring (bicyclic) bond motifs is 1. The summed E-state index contributed by atoms with van der Waals surface area (Å²) in [5, 5.41) is 7.55. The molecule has 0 unspecified atom stereocenters. The summed E-state index contributed by atoms with van der Waals surface area (Å²) in [5.41, 5.74) is 1.84. The number of nitrogens with one attached hydrogen (secondary N) is 1. The number of carbonyl (C=O) groups is 2. The maximum absolute atomic E-state index is 12.9. The summed E-state index contributed by atoms with van der Waals surface area (Å²) in [6, 6.07) is 0.363. The third kappa shape index (κ3) is 3.57. The van der Waals surface area contributed by atoms with Gasteiger partial charge in [-0.2, -0.15) is 5.10 Å². The van der Waals surface area contributed by atoms with Gasteiger partial charge in [-0.05, 0) is 32.1 Å². The van der Waals surface area contributed by atoms with Crippen LogP contribution in [0.15, 0.2) is 6.20 Å². The van der Waals surface area contributed by atoms with Crippen LogP contribution < -0.4 is 5.32 Å². The van der Waals surface area contributed by atoms with E-state index in [-0.39, 0.29) is 11.9 Å². The first kappa shape index (κ1) is 17.4. The van der Waals surface area contributed by atoms with E-state index in [0.717, 1.165) is 49.9 Å². The van der Waals surface area contributed by atoms with Crippen LogP contribution in [0.25, 0.3) is 0 Å². The molecule has 7 heteroatoms. The van der Waals surface area contributed by atoms with Crippen molar-refractivity contribution in [1.29, 1.82) is 0 Å². The van der Waals surface area contributed by atoms with Crippen molar-refractivity contribution in [2.24, 2.45) is 0 Å². The highest BCUT2D eigenvalue weighted by Gasteiger charge is 2.29. The van der Waals surface area contributed by atoms with Gasteiger partial charge >= 0.3 is 6.03 Å². The van der Waals surface area contributed by atoms with Gasteiger partial charge in [0.2, 0.25) is 0 Å². The van der Waals surface area contributed by atoms with Crippen LogP contribution in [0, 0.1) is 0 Å². The minimum absolute atomic E-state index is 0.0342. The SMILES string of the molecule is O=C(NC1CCCCC1)N1CCN(C(=O)c2cnn3c2CCCC3)CC1. The number of aryl methyl sites for hydroxylation is 1. The molecule has 1 saturated carbocycles. The lowest BCUT2D eigenvalue weighted by Gasteiger charge is -2.36. The van der Waals surface area contributed by atoms with Crippen LogP contribution in [-0.4, -0.2) is 63.7 Å². The Morgan fingerprint density at radius 1 is 0.923 bits per heavy atom. The smallest absolute Gasteiger partial charge is 0.317 e. The molecule has 26 heavy (non-hydrogen) atoms. The molecule has 3 amide bonds. The molecule has 4 rings (SSSR count). The Bertz CT molecular complexity index is 657. The molecule has 2 aliphatic heterocycles. The van der Waals surface area contributed by atoms with E-state index in [2.05, 4.69) is 10.4 Å². The molecule has 1 aromatic heterocycles. The summed E-state index contributed by atoms with van der Waals surface area (Å²) in [6.07, 6.45) is 10.8. The van der Waals surface area contributed by atoms with Crippen molar-refractivity contribution in [3.63, 3.8) is 0 Å². The molecule has 1 saturated heterocycles. The number of nitrogens with zero attached hydrogens (tertiary/aromatic N) is 4. The zero-order valence-electron chi connectivity index (χ0n) is 15.5. The Hall–Kier alpha value is -2.05. The summed E-state index contributed by atoms with van der Waals surface area (Å²) in [7, 11) is 0. The first-order valence-corrected chi connectivity index (χ1v) is 10.1. The second-order valence-electron chi connectivity index (χ2n) is 7.75. The van der Waals surface area contributed by atoms with Crippen molar-refractivity contribution < 1.29 is 9.59 Å². The molecule has 7 nitrogen and oxygen atoms in total. The average Bonchev–Trinajstić information content (AvgIpc) is 3.12. The maximum Gasteiger partial charge on any atom is 0.317 e. The molecule has 1 aliphatic carbocycles. The van der Waals surface area contributed by atoms with Crippen LogP contribution in [0.3, 0.4) is 0 Å². The molecule has 142 valence electrons. The summed E-state index contributed by atoms with van der Waals surface area (Å²) in [6.45, 7) is 3.32. The van der Waals surface area contributed by atoms with Crippen LogP contribution in [0.4, 0.5) is 4.79 Å². The second-order valence-corrected chi connectivity index (χ2v) is 7.75. The average molecular weight is 359 g/mol. The predicted molar refractivity (Wildman–Crippen MR) is 98.0 cm³/mol. The standard InChI is InChI=1S/C19H29N5O2/c25-18(16-14-20-24-9-5-4-8-17(16)24)22-10-12-23(13-11-22)19(26)21-15-6-2-1-3-7-15/h14-15H,1-13H2,(H,21,26). The lowest BCUT2D eigenvalue weighted by molar-refractivity contribution is 0.0661. The van der Waals surface area contributed by atoms with E-state index in [4.69, 9.17) is 0 Å². The van der Waals surface area contributed by atoms with Crippen molar-refractivity contribution in [1.82, 2.24) is 24.9 Å². The molecule has 0 radical (unpaired) electrons. The molecule has 0 atom stereocenters. The summed E-state index contributed by atoms with van der Waals surface area (Å²) in [4.78, 5) is 29.1. The predicted octanol–water partition coefficient (Wildman–Crippen LogP) is 2.02. The fraction of sp³-hybridized carbons (Fsp3) is 0.737. The lowest BCUT2D eigenvalue weighted by atomic mass is 9.96. The summed E-state index contributed by atoms with van der Waals surface area (Å²) < 4.78 is 1.98. The largest absolute Gasteiger partial charge is 0.335 e. The number of hydrogen-bond donors (Lipinski definition) is 1. The van der Waals surface area contributed by atoms with Gasteiger partial charge < -0.3 is 15.1 Å². The highest BCUT2D eigenvalue weighted by Crippen LogP contribution is 2.21. The van der Waals surface area contributed by atoms with Crippen LogP contribution in [-0.2, 0) is 13.0 Å². The van der Waals surface area contributed by atoms with E-state index >= 15 is 0 Å². The Balaban J connectivity index is 1.31. The molecule has 2 fully saturated rings. The molecule has 1 aromatic rings. The number of aromatic nitrogens is 2. The molecule has 0 bridgehead atoms. The van der Waals surface area contributed by atoms with Crippen LogP contribution in [0.2, 0.25) is 0 Å². The summed E-state index contributed by atoms with van der Waals surface area (Å²) >= 11 is 0. The Morgan fingerprint density at radius 2 is 1.65 bits per heavy atom. The fourth-order valence-electron chi connectivity index (χ4n) is 4.40. The first-order valence-electron chi connectivity index (χ1n) is 10.1. The summed E-state index contributed by atoms with van der Waals surface area (Å²) in [5.74, 6) is 0.0699.